The van der Waals surface area contributed by atoms with Crippen LogP contribution in [0, 0.1) is 5.82 Å². The number of aryl methyl sites for hydroxylation is 1. The number of halogens is 1. The number of aromatic nitrogens is 3. The quantitative estimate of drug-likeness (QED) is 0.596. The molecule has 7 heteroatoms. The van der Waals surface area contributed by atoms with E-state index in [0.717, 1.165) is 61.4 Å². The topological polar surface area (TPSA) is 71.0 Å². The Morgan fingerprint density at radius 3 is 2.50 bits per heavy atom. The molecule has 166 valence electrons. The number of carbonyl (C=O) groups excluding carboxylic acids is 1. The molecule has 0 spiro atoms. The SMILES string of the molecule is CNc1cc(C2CCN(C(=O)CCCc3ccc(F)cc3)CC2)nc(-c2ccncc2)n1. The zero-order valence-corrected chi connectivity index (χ0v) is 18.3. The van der Waals surface area contributed by atoms with E-state index in [1.165, 1.54) is 12.1 Å². The van der Waals surface area contributed by atoms with Gasteiger partial charge in [-0.15, -0.1) is 0 Å². The van der Waals surface area contributed by atoms with Crippen LogP contribution >= 0.6 is 0 Å². The molecule has 0 saturated carbocycles. The molecule has 4 rings (SSSR count). The van der Waals surface area contributed by atoms with Gasteiger partial charge in [-0.3, -0.25) is 9.78 Å². The van der Waals surface area contributed by atoms with Gasteiger partial charge in [0, 0.05) is 62.2 Å². The van der Waals surface area contributed by atoms with Crippen molar-refractivity contribution in [1.82, 2.24) is 19.9 Å². The zero-order valence-electron chi connectivity index (χ0n) is 18.3. The summed E-state index contributed by atoms with van der Waals surface area (Å²) in [5.74, 6) is 1.75. The van der Waals surface area contributed by atoms with Crippen LogP contribution in [0.3, 0.4) is 0 Å². The number of anilines is 1. The van der Waals surface area contributed by atoms with Crippen LogP contribution in [0.1, 0.15) is 42.9 Å². The van der Waals surface area contributed by atoms with E-state index in [4.69, 9.17) is 4.98 Å². The van der Waals surface area contributed by atoms with E-state index in [0.29, 0.717) is 18.2 Å². The maximum atomic E-state index is 13.0. The Labute approximate surface area is 187 Å². The van der Waals surface area contributed by atoms with Crippen LogP contribution in [0.15, 0.2) is 54.9 Å². The molecule has 1 N–H and O–H groups in total. The van der Waals surface area contributed by atoms with Crippen LogP contribution in [-0.2, 0) is 11.2 Å². The average Bonchev–Trinajstić information content (AvgIpc) is 2.85. The number of hydrogen-bond acceptors (Lipinski definition) is 5. The molecule has 0 bridgehead atoms. The van der Waals surface area contributed by atoms with Gasteiger partial charge in [-0.25, -0.2) is 14.4 Å². The van der Waals surface area contributed by atoms with Gasteiger partial charge in [-0.1, -0.05) is 12.1 Å². The third-order valence-electron chi connectivity index (χ3n) is 5.98. The van der Waals surface area contributed by atoms with Crippen molar-refractivity contribution >= 4 is 11.7 Å². The van der Waals surface area contributed by atoms with Crippen LogP contribution in [-0.4, -0.2) is 45.9 Å². The number of likely N-dealkylation sites (tertiary alicyclic amines) is 1. The molecule has 0 radical (unpaired) electrons. The lowest BCUT2D eigenvalue weighted by molar-refractivity contribution is -0.132. The van der Waals surface area contributed by atoms with E-state index in [-0.39, 0.29) is 11.7 Å². The van der Waals surface area contributed by atoms with E-state index >= 15 is 0 Å². The Morgan fingerprint density at radius 2 is 1.81 bits per heavy atom. The molecule has 1 amide bonds. The van der Waals surface area contributed by atoms with Gasteiger partial charge in [-0.05, 0) is 55.5 Å². The fourth-order valence-electron chi connectivity index (χ4n) is 4.11. The van der Waals surface area contributed by atoms with Gasteiger partial charge < -0.3 is 10.2 Å². The van der Waals surface area contributed by atoms with Gasteiger partial charge in [0.1, 0.15) is 11.6 Å². The van der Waals surface area contributed by atoms with Crippen molar-refractivity contribution in [3.8, 4) is 11.4 Å². The van der Waals surface area contributed by atoms with Crippen molar-refractivity contribution in [2.24, 2.45) is 0 Å². The van der Waals surface area contributed by atoms with E-state index in [1.807, 2.05) is 30.1 Å². The molecule has 32 heavy (non-hydrogen) atoms. The minimum absolute atomic E-state index is 0.196. The monoisotopic (exact) mass is 433 g/mol. The van der Waals surface area contributed by atoms with Gasteiger partial charge in [0.2, 0.25) is 5.91 Å². The number of benzene rings is 1. The van der Waals surface area contributed by atoms with Crippen molar-refractivity contribution < 1.29 is 9.18 Å². The Balaban J connectivity index is 1.33. The standard InChI is InChI=1S/C25H28FN5O/c1-27-23-17-22(29-25(30-23)20-9-13-28-14-10-20)19-11-15-31(16-12-19)24(32)4-2-3-18-5-7-21(26)8-6-18/h5-10,13-14,17,19H,2-4,11-12,15-16H2,1H3,(H,27,29,30). The summed E-state index contributed by atoms with van der Waals surface area (Å²) in [5, 5.41) is 3.13. The molecule has 0 aliphatic carbocycles. The Hall–Kier alpha value is -3.35. The first-order valence-electron chi connectivity index (χ1n) is 11.1. The fourth-order valence-corrected chi connectivity index (χ4v) is 4.11. The number of piperidine rings is 1. The predicted molar refractivity (Wildman–Crippen MR) is 123 cm³/mol. The minimum Gasteiger partial charge on any atom is -0.373 e. The first-order valence-corrected chi connectivity index (χ1v) is 11.1. The van der Waals surface area contributed by atoms with Crippen LogP contribution in [0.2, 0.25) is 0 Å². The highest BCUT2D eigenvalue weighted by molar-refractivity contribution is 5.76. The number of nitrogens with one attached hydrogen (secondary N) is 1. The summed E-state index contributed by atoms with van der Waals surface area (Å²) in [6, 6.07) is 12.3. The van der Waals surface area contributed by atoms with Gasteiger partial charge in [-0.2, -0.15) is 0 Å². The maximum Gasteiger partial charge on any atom is 0.222 e. The molecule has 0 atom stereocenters. The number of pyridine rings is 1. The predicted octanol–water partition coefficient (Wildman–Crippen LogP) is 4.45. The van der Waals surface area contributed by atoms with Crippen molar-refractivity contribution in [2.45, 2.75) is 38.0 Å². The lowest BCUT2D eigenvalue weighted by atomic mass is 9.92. The second kappa shape index (κ2) is 10.3. The fraction of sp³-hybridized carbons (Fsp3) is 0.360. The summed E-state index contributed by atoms with van der Waals surface area (Å²) < 4.78 is 13.0. The number of rotatable bonds is 7. The lowest BCUT2D eigenvalue weighted by Gasteiger charge is -2.32. The zero-order chi connectivity index (χ0) is 22.3. The molecular formula is C25H28FN5O. The van der Waals surface area contributed by atoms with Crippen molar-refractivity contribution in [3.05, 3.63) is 71.9 Å². The lowest BCUT2D eigenvalue weighted by Crippen LogP contribution is -2.38. The van der Waals surface area contributed by atoms with Crippen molar-refractivity contribution in [1.29, 1.82) is 0 Å². The van der Waals surface area contributed by atoms with E-state index in [9.17, 15) is 9.18 Å². The summed E-state index contributed by atoms with van der Waals surface area (Å²) in [5.41, 5.74) is 3.01. The van der Waals surface area contributed by atoms with Crippen LogP contribution in [0.25, 0.3) is 11.4 Å². The summed E-state index contributed by atoms with van der Waals surface area (Å²) in [6.45, 7) is 1.48. The summed E-state index contributed by atoms with van der Waals surface area (Å²) in [7, 11) is 1.86. The van der Waals surface area contributed by atoms with Gasteiger partial charge in [0.25, 0.3) is 0 Å². The maximum absolute atomic E-state index is 13.0. The summed E-state index contributed by atoms with van der Waals surface area (Å²) >= 11 is 0. The minimum atomic E-state index is -0.230. The molecule has 6 nitrogen and oxygen atoms in total. The smallest absolute Gasteiger partial charge is 0.222 e. The van der Waals surface area contributed by atoms with Crippen LogP contribution < -0.4 is 5.32 Å². The highest BCUT2D eigenvalue weighted by Crippen LogP contribution is 2.30. The first-order chi connectivity index (χ1) is 15.6. The molecule has 1 fully saturated rings. The molecule has 1 aromatic carbocycles. The molecule has 2 aromatic heterocycles. The highest BCUT2D eigenvalue weighted by atomic mass is 19.1. The van der Waals surface area contributed by atoms with Gasteiger partial charge in [0.15, 0.2) is 5.82 Å². The Morgan fingerprint density at radius 1 is 1.09 bits per heavy atom. The molecule has 0 unspecified atom stereocenters. The van der Waals surface area contributed by atoms with E-state index in [2.05, 4.69) is 15.3 Å². The highest BCUT2D eigenvalue weighted by Gasteiger charge is 2.25. The third-order valence-corrected chi connectivity index (χ3v) is 5.98. The molecule has 1 aliphatic heterocycles. The molecular weight excluding hydrogens is 405 g/mol. The second-order valence-electron chi connectivity index (χ2n) is 8.12. The summed E-state index contributed by atoms with van der Waals surface area (Å²) in [6.07, 6.45) is 7.34. The normalized spacial score (nSPS) is 14.4. The van der Waals surface area contributed by atoms with Gasteiger partial charge in [0.05, 0.1) is 0 Å². The molecule has 3 heterocycles. The average molecular weight is 434 g/mol. The Bertz CT molecular complexity index is 1030. The molecule has 1 saturated heterocycles. The number of amides is 1. The Kier molecular flexibility index (Phi) is 7.04. The number of nitrogens with zero attached hydrogens (tertiary/aromatic N) is 4. The van der Waals surface area contributed by atoms with E-state index < -0.39 is 0 Å². The first kappa shape index (κ1) is 21.9. The van der Waals surface area contributed by atoms with Crippen molar-refractivity contribution in [2.75, 3.05) is 25.5 Å². The number of hydrogen-bond donors (Lipinski definition) is 1. The summed E-state index contributed by atoms with van der Waals surface area (Å²) in [4.78, 5) is 28.1. The number of carbonyl (C=O) groups is 1. The molecule has 1 aliphatic rings. The largest absolute Gasteiger partial charge is 0.373 e. The third kappa shape index (κ3) is 5.46. The van der Waals surface area contributed by atoms with E-state index in [1.54, 1.807) is 24.5 Å². The van der Waals surface area contributed by atoms with Gasteiger partial charge >= 0.3 is 0 Å². The van der Waals surface area contributed by atoms with Crippen molar-refractivity contribution in [3.63, 3.8) is 0 Å². The van der Waals surface area contributed by atoms with Crippen LogP contribution in [0.4, 0.5) is 10.2 Å². The second-order valence-corrected chi connectivity index (χ2v) is 8.12. The molecule has 3 aromatic rings. The van der Waals surface area contributed by atoms with Crippen LogP contribution in [0.5, 0.6) is 0 Å².